The van der Waals surface area contributed by atoms with E-state index in [2.05, 4.69) is 25.2 Å². The number of hydrogen-bond donors (Lipinski definition) is 1. The Bertz CT molecular complexity index is 1220. The first-order valence-corrected chi connectivity index (χ1v) is 11.8. The van der Waals surface area contributed by atoms with Crippen LogP contribution in [-0.4, -0.2) is 72.3 Å². The molecule has 190 valence electrons. The summed E-state index contributed by atoms with van der Waals surface area (Å²) >= 11 is 0. The second kappa shape index (κ2) is 9.84. The molecule has 2 fully saturated rings. The molecule has 4 heterocycles. The molecule has 0 saturated carbocycles. The van der Waals surface area contributed by atoms with Crippen molar-refractivity contribution in [3.05, 3.63) is 53.5 Å². The fourth-order valence-corrected chi connectivity index (χ4v) is 4.40. The van der Waals surface area contributed by atoms with Gasteiger partial charge in [-0.3, -0.25) is 0 Å². The molecule has 2 aliphatic heterocycles. The highest BCUT2D eigenvalue weighted by Crippen LogP contribution is 2.35. The lowest BCUT2D eigenvalue weighted by molar-refractivity contribution is -0.137. The van der Waals surface area contributed by atoms with Crippen LogP contribution in [0.25, 0.3) is 11.4 Å². The number of benzene rings is 1. The second-order valence-electron chi connectivity index (χ2n) is 8.81. The Balaban J connectivity index is 1.43. The van der Waals surface area contributed by atoms with Crippen LogP contribution >= 0.6 is 0 Å². The zero-order chi connectivity index (χ0) is 25.3. The minimum atomic E-state index is -4.48. The molecule has 0 amide bonds. The largest absolute Gasteiger partial charge is 0.419 e. The van der Waals surface area contributed by atoms with E-state index in [1.165, 1.54) is 18.3 Å². The van der Waals surface area contributed by atoms with E-state index in [9.17, 15) is 17.6 Å². The highest BCUT2D eigenvalue weighted by atomic mass is 19.4. The Morgan fingerprint density at radius 1 is 0.833 bits per heavy atom. The zero-order valence-corrected chi connectivity index (χ0v) is 19.8. The molecule has 0 unspecified atom stereocenters. The fourth-order valence-electron chi connectivity index (χ4n) is 4.40. The molecule has 2 saturated heterocycles. The number of nitrogens with one attached hydrogen (secondary N) is 1. The SMILES string of the molecule is Cc1cc(-c2nc(N3CCNCC3)nc(N3CCN(c4ncccc4C(F)(F)F)CC3)n2)ccc1F. The van der Waals surface area contributed by atoms with Gasteiger partial charge < -0.3 is 20.0 Å². The molecule has 5 rings (SSSR count). The number of nitrogens with zero attached hydrogens (tertiary/aromatic N) is 7. The lowest BCUT2D eigenvalue weighted by Crippen LogP contribution is -2.48. The number of aryl methyl sites for hydroxylation is 1. The minimum absolute atomic E-state index is 0.0655. The number of alkyl halides is 3. The highest BCUT2D eigenvalue weighted by Gasteiger charge is 2.36. The standard InChI is InChI=1S/C24H26F4N8/c1-16-15-17(4-5-19(16)25)20-31-22(35-9-7-29-8-10-35)33-23(32-20)36-13-11-34(12-14-36)21-18(24(26,27)28)3-2-6-30-21/h2-6,15,29H,7-14H2,1H3. The third-order valence-corrected chi connectivity index (χ3v) is 6.38. The van der Waals surface area contributed by atoms with Crippen LogP contribution in [0.15, 0.2) is 36.5 Å². The maximum Gasteiger partial charge on any atom is 0.419 e. The molecular weight excluding hydrogens is 476 g/mol. The molecule has 1 N–H and O–H groups in total. The summed E-state index contributed by atoms with van der Waals surface area (Å²) in [7, 11) is 0. The maximum absolute atomic E-state index is 13.9. The third kappa shape index (κ3) is 5.03. The van der Waals surface area contributed by atoms with Crippen molar-refractivity contribution in [1.82, 2.24) is 25.3 Å². The number of anilines is 3. The Morgan fingerprint density at radius 2 is 1.47 bits per heavy atom. The van der Waals surface area contributed by atoms with E-state index in [0.717, 1.165) is 32.2 Å². The molecule has 2 aromatic heterocycles. The van der Waals surface area contributed by atoms with Crippen molar-refractivity contribution in [1.29, 1.82) is 0 Å². The molecule has 0 aliphatic carbocycles. The summed E-state index contributed by atoms with van der Waals surface area (Å²) in [6.07, 6.45) is -3.10. The summed E-state index contributed by atoms with van der Waals surface area (Å²) in [5.41, 5.74) is 0.423. The maximum atomic E-state index is 13.9. The van der Waals surface area contributed by atoms with Crippen molar-refractivity contribution in [2.75, 3.05) is 67.1 Å². The molecule has 2 aliphatic rings. The van der Waals surface area contributed by atoms with Crippen LogP contribution in [0.1, 0.15) is 11.1 Å². The molecule has 36 heavy (non-hydrogen) atoms. The van der Waals surface area contributed by atoms with Gasteiger partial charge in [0.1, 0.15) is 11.6 Å². The summed E-state index contributed by atoms with van der Waals surface area (Å²) < 4.78 is 54.3. The average molecular weight is 503 g/mol. The summed E-state index contributed by atoms with van der Waals surface area (Å²) in [5.74, 6) is 1.05. The number of pyridine rings is 1. The number of halogens is 4. The van der Waals surface area contributed by atoms with E-state index < -0.39 is 11.7 Å². The van der Waals surface area contributed by atoms with Crippen LogP contribution in [0.4, 0.5) is 35.3 Å². The topological polar surface area (TPSA) is 73.3 Å². The van der Waals surface area contributed by atoms with Gasteiger partial charge in [0.2, 0.25) is 11.9 Å². The first-order chi connectivity index (χ1) is 17.3. The van der Waals surface area contributed by atoms with Gasteiger partial charge in [0.15, 0.2) is 5.82 Å². The van der Waals surface area contributed by atoms with Gasteiger partial charge in [-0.2, -0.15) is 28.1 Å². The monoisotopic (exact) mass is 502 g/mol. The van der Waals surface area contributed by atoms with Crippen molar-refractivity contribution in [3.63, 3.8) is 0 Å². The van der Waals surface area contributed by atoms with E-state index in [1.807, 2.05) is 4.90 Å². The molecule has 0 bridgehead atoms. The van der Waals surface area contributed by atoms with Gasteiger partial charge in [-0.05, 0) is 42.8 Å². The zero-order valence-electron chi connectivity index (χ0n) is 19.8. The predicted octanol–water partition coefficient (Wildman–Crippen LogP) is 3.14. The molecule has 1 aromatic carbocycles. The molecule has 0 spiro atoms. The minimum Gasteiger partial charge on any atom is -0.353 e. The number of piperazine rings is 2. The number of aromatic nitrogens is 4. The number of hydrogen-bond acceptors (Lipinski definition) is 8. The van der Waals surface area contributed by atoms with Crippen LogP contribution < -0.4 is 20.0 Å². The van der Waals surface area contributed by atoms with Gasteiger partial charge in [0.05, 0.1) is 5.56 Å². The lowest BCUT2D eigenvalue weighted by atomic mass is 10.1. The Labute approximate surface area is 206 Å². The van der Waals surface area contributed by atoms with Crippen molar-refractivity contribution in [2.45, 2.75) is 13.1 Å². The van der Waals surface area contributed by atoms with Gasteiger partial charge in [0, 0.05) is 64.1 Å². The molecule has 0 atom stereocenters. The quantitative estimate of drug-likeness (QED) is 0.546. The van der Waals surface area contributed by atoms with E-state index in [-0.39, 0.29) is 11.6 Å². The highest BCUT2D eigenvalue weighted by molar-refractivity contribution is 5.60. The molecule has 12 heteroatoms. The van der Waals surface area contributed by atoms with Gasteiger partial charge in [-0.1, -0.05) is 0 Å². The Morgan fingerprint density at radius 3 is 2.11 bits per heavy atom. The summed E-state index contributed by atoms with van der Waals surface area (Å²) in [6.45, 7) is 6.26. The normalized spacial score (nSPS) is 17.0. The fraction of sp³-hybridized carbons (Fsp3) is 0.417. The molecule has 8 nitrogen and oxygen atoms in total. The Kier molecular flexibility index (Phi) is 6.61. The van der Waals surface area contributed by atoms with E-state index in [1.54, 1.807) is 24.0 Å². The van der Waals surface area contributed by atoms with Crippen LogP contribution in [0.2, 0.25) is 0 Å². The van der Waals surface area contributed by atoms with Crippen molar-refractivity contribution >= 4 is 17.7 Å². The Hall–Kier alpha value is -3.54. The van der Waals surface area contributed by atoms with Gasteiger partial charge in [0.25, 0.3) is 0 Å². The first kappa shape index (κ1) is 24.2. The molecule has 3 aromatic rings. The van der Waals surface area contributed by atoms with Crippen LogP contribution in [0.5, 0.6) is 0 Å². The summed E-state index contributed by atoms with van der Waals surface area (Å²) in [4.78, 5) is 23.7. The van der Waals surface area contributed by atoms with Crippen LogP contribution in [0, 0.1) is 12.7 Å². The van der Waals surface area contributed by atoms with Gasteiger partial charge in [-0.25, -0.2) is 9.37 Å². The van der Waals surface area contributed by atoms with E-state index >= 15 is 0 Å². The van der Waals surface area contributed by atoms with Crippen LogP contribution in [-0.2, 0) is 6.18 Å². The number of rotatable bonds is 4. The average Bonchev–Trinajstić information content (AvgIpc) is 2.90. The summed E-state index contributed by atoms with van der Waals surface area (Å²) in [6, 6.07) is 7.08. The van der Waals surface area contributed by atoms with Gasteiger partial charge in [-0.15, -0.1) is 0 Å². The second-order valence-corrected chi connectivity index (χ2v) is 8.81. The van der Waals surface area contributed by atoms with E-state index in [0.29, 0.717) is 55.0 Å². The summed E-state index contributed by atoms with van der Waals surface area (Å²) in [5, 5.41) is 3.30. The predicted molar refractivity (Wildman–Crippen MR) is 129 cm³/mol. The van der Waals surface area contributed by atoms with Gasteiger partial charge >= 0.3 is 6.18 Å². The smallest absolute Gasteiger partial charge is 0.353 e. The first-order valence-electron chi connectivity index (χ1n) is 11.8. The molecular formula is C24H26F4N8. The van der Waals surface area contributed by atoms with Crippen LogP contribution in [0.3, 0.4) is 0 Å². The lowest BCUT2D eigenvalue weighted by Gasteiger charge is -2.36. The van der Waals surface area contributed by atoms with E-state index in [4.69, 9.17) is 4.98 Å². The molecule has 0 radical (unpaired) electrons. The van der Waals surface area contributed by atoms with Crippen molar-refractivity contribution in [2.24, 2.45) is 0 Å². The van der Waals surface area contributed by atoms with Crippen molar-refractivity contribution < 1.29 is 17.6 Å². The van der Waals surface area contributed by atoms with Crippen molar-refractivity contribution in [3.8, 4) is 11.4 Å². The third-order valence-electron chi connectivity index (χ3n) is 6.38.